The molecule has 0 unspecified atom stereocenters. The number of carbonyl (C=O) groups is 1. The fraction of sp³-hybridized carbons (Fsp3) is 0.409. The Kier molecular flexibility index (Phi) is 7.22. The van der Waals surface area contributed by atoms with Gasteiger partial charge >= 0.3 is 0 Å². The van der Waals surface area contributed by atoms with Gasteiger partial charge in [0.05, 0.1) is 7.11 Å². The van der Waals surface area contributed by atoms with Crippen LogP contribution in [0.3, 0.4) is 0 Å². The van der Waals surface area contributed by atoms with E-state index in [0.717, 1.165) is 29.7 Å². The van der Waals surface area contributed by atoms with Gasteiger partial charge in [0.1, 0.15) is 5.75 Å². The van der Waals surface area contributed by atoms with E-state index in [2.05, 4.69) is 5.32 Å². The minimum Gasteiger partial charge on any atom is -0.497 e. The Morgan fingerprint density at radius 1 is 1.18 bits per heavy atom. The first-order valence-electron chi connectivity index (χ1n) is 9.45. The number of rotatable bonds is 7. The number of amides is 1. The Hall–Kier alpha value is -1.75. The molecule has 150 valence electrons. The summed E-state index contributed by atoms with van der Waals surface area (Å²) >= 11 is 12.5. The van der Waals surface area contributed by atoms with Crippen LogP contribution >= 0.6 is 23.2 Å². The number of carbonyl (C=O) groups excluding carboxylic acids is 1. The van der Waals surface area contributed by atoms with Crippen LogP contribution in [0.5, 0.6) is 5.75 Å². The van der Waals surface area contributed by atoms with Crippen molar-refractivity contribution in [2.75, 3.05) is 26.9 Å². The fourth-order valence-corrected chi connectivity index (χ4v) is 4.27. The first-order chi connectivity index (χ1) is 13.5. The Balaban J connectivity index is 1.64. The highest BCUT2D eigenvalue weighted by atomic mass is 35.5. The Morgan fingerprint density at radius 3 is 2.68 bits per heavy atom. The minimum absolute atomic E-state index is 0.0266. The van der Waals surface area contributed by atoms with Gasteiger partial charge in [0.25, 0.3) is 0 Å². The van der Waals surface area contributed by atoms with E-state index >= 15 is 0 Å². The first-order valence-corrected chi connectivity index (χ1v) is 10.2. The highest BCUT2D eigenvalue weighted by Gasteiger charge is 2.36. The van der Waals surface area contributed by atoms with Crippen molar-refractivity contribution in [3.63, 3.8) is 0 Å². The molecular weight excluding hydrogens is 397 g/mol. The van der Waals surface area contributed by atoms with Crippen LogP contribution in [0.4, 0.5) is 0 Å². The molecule has 1 fully saturated rings. The highest BCUT2D eigenvalue weighted by Crippen LogP contribution is 2.39. The van der Waals surface area contributed by atoms with Gasteiger partial charge in [-0.05, 0) is 54.7 Å². The van der Waals surface area contributed by atoms with E-state index in [0.29, 0.717) is 42.6 Å². The average molecular weight is 422 g/mol. The zero-order valence-electron chi connectivity index (χ0n) is 16.0. The molecule has 1 N–H and O–H groups in total. The second-order valence-corrected chi connectivity index (χ2v) is 7.99. The Morgan fingerprint density at radius 2 is 1.96 bits per heavy atom. The van der Waals surface area contributed by atoms with E-state index in [-0.39, 0.29) is 11.3 Å². The topological polar surface area (TPSA) is 47.6 Å². The lowest BCUT2D eigenvalue weighted by Crippen LogP contribution is -2.44. The molecule has 0 bridgehead atoms. The molecule has 0 saturated carbocycles. The molecule has 0 atom stereocenters. The van der Waals surface area contributed by atoms with Crippen LogP contribution in [0.25, 0.3) is 0 Å². The summed E-state index contributed by atoms with van der Waals surface area (Å²) < 4.78 is 10.8. The number of ether oxygens (including phenoxy) is 2. The lowest BCUT2D eigenvalue weighted by Gasteiger charge is -2.38. The summed E-state index contributed by atoms with van der Waals surface area (Å²) in [7, 11) is 1.64. The number of methoxy groups -OCH3 is 1. The molecule has 4 nitrogen and oxygen atoms in total. The summed E-state index contributed by atoms with van der Waals surface area (Å²) in [4.78, 5) is 12.5. The highest BCUT2D eigenvalue weighted by molar-refractivity contribution is 6.35. The van der Waals surface area contributed by atoms with Gasteiger partial charge in [-0.1, -0.05) is 41.4 Å². The van der Waals surface area contributed by atoms with Crippen LogP contribution in [0.1, 0.15) is 30.4 Å². The maximum Gasteiger partial charge on any atom is 0.220 e. The van der Waals surface area contributed by atoms with Crippen molar-refractivity contribution >= 4 is 29.1 Å². The van der Waals surface area contributed by atoms with Gasteiger partial charge in [-0.3, -0.25) is 4.79 Å². The number of benzene rings is 2. The van der Waals surface area contributed by atoms with Crippen molar-refractivity contribution in [2.24, 2.45) is 0 Å². The van der Waals surface area contributed by atoms with Crippen LogP contribution in [-0.4, -0.2) is 32.8 Å². The normalized spacial score (nSPS) is 15.8. The number of hydrogen-bond donors (Lipinski definition) is 1. The molecule has 1 saturated heterocycles. The van der Waals surface area contributed by atoms with Crippen LogP contribution in [0, 0.1) is 0 Å². The third-order valence-corrected chi connectivity index (χ3v) is 5.90. The van der Waals surface area contributed by atoms with Gasteiger partial charge in [0.15, 0.2) is 0 Å². The summed E-state index contributed by atoms with van der Waals surface area (Å²) in [5.41, 5.74) is 1.87. The van der Waals surface area contributed by atoms with Crippen LogP contribution in [0.15, 0.2) is 42.5 Å². The van der Waals surface area contributed by atoms with Crippen LogP contribution in [-0.2, 0) is 21.4 Å². The van der Waals surface area contributed by atoms with Gasteiger partial charge in [-0.25, -0.2) is 0 Å². The molecule has 1 aliphatic heterocycles. The van der Waals surface area contributed by atoms with Crippen LogP contribution < -0.4 is 10.1 Å². The van der Waals surface area contributed by atoms with Crippen molar-refractivity contribution in [1.82, 2.24) is 5.32 Å². The molecule has 1 heterocycles. The summed E-state index contributed by atoms with van der Waals surface area (Å²) in [5, 5.41) is 4.36. The van der Waals surface area contributed by atoms with Gasteiger partial charge in [-0.2, -0.15) is 0 Å². The molecule has 6 heteroatoms. The molecule has 2 aromatic carbocycles. The molecular formula is C22H25Cl2NO3. The Labute approximate surface area is 176 Å². The van der Waals surface area contributed by atoms with Crippen molar-refractivity contribution in [3.8, 4) is 5.75 Å². The summed E-state index contributed by atoms with van der Waals surface area (Å²) in [5.74, 6) is 0.829. The van der Waals surface area contributed by atoms with Crippen molar-refractivity contribution < 1.29 is 14.3 Å². The molecule has 28 heavy (non-hydrogen) atoms. The molecule has 0 aromatic heterocycles. The van der Waals surface area contributed by atoms with Crippen molar-refractivity contribution in [2.45, 2.75) is 31.1 Å². The van der Waals surface area contributed by atoms with Crippen molar-refractivity contribution in [3.05, 3.63) is 63.6 Å². The second-order valence-electron chi connectivity index (χ2n) is 7.15. The van der Waals surface area contributed by atoms with E-state index in [4.69, 9.17) is 32.7 Å². The third-order valence-electron chi connectivity index (χ3n) is 5.35. The lowest BCUT2D eigenvalue weighted by atomic mass is 9.74. The largest absolute Gasteiger partial charge is 0.497 e. The number of aryl methyl sites for hydroxylation is 1. The maximum atomic E-state index is 12.5. The maximum absolute atomic E-state index is 12.5. The number of nitrogens with one attached hydrogen (secondary N) is 1. The van der Waals surface area contributed by atoms with E-state index in [1.807, 2.05) is 36.4 Å². The van der Waals surface area contributed by atoms with Gasteiger partial charge in [0, 0.05) is 41.6 Å². The van der Waals surface area contributed by atoms with E-state index in [1.165, 1.54) is 0 Å². The monoisotopic (exact) mass is 421 g/mol. The molecule has 0 spiro atoms. The summed E-state index contributed by atoms with van der Waals surface area (Å²) in [6, 6.07) is 13.4. The number of halogens is 2. The molecule has 3 rings (SSSR count). The van der Waals surface area contributed by atoms with E-state index in [9.17, 15) is 4.79 Å². The average Bonchev–Trinajstić information content (AvgIpc) is 2.71. The quantitative estimate of drug-likeness (QED) is 0.698. The molecule has 0 aliphatic carbocycles. The smallest absolute Gasteiger partial charge is 0.220 e. The molecule has 0 radical (unpaired) electrons. The van der Waals surface area contributed by atoms with Crippen molar-refractivity contribution in [1.29, 1.82) is 0 Å². The zero-order chi connectivity index (χ0) is 20.0. The van der Waals surface area contributed by atoms with Crippen LogP contribution in [0.2, 0.25) is 10.0 Å². The fourth-order valence-electron chi connectivity index (χ4n) is 3.67. The van der Waals surface area contributed by atoms with Gasteiger partial charge in [0.2, 0.25) is 5.91 Å². The van der Waals surface area contributed by atoms with E-state index < -0.39 is 0 Å². The predicted octanol–water partition coefficient (Wildman–Crippen LogP) is 4.80. The number of hydrogen-bond acceptors (Lipinski definition) is 3. The lowest BCUT2D eigenvalue weighted by molar-refractivity contribution is -0.121. The van der Waals surface area contributed by atoms with Gasteiger partial charge in [-0.15, -0.1) is 0 Å². The summed E-state index contributed by atoms with van der Waals surface area (Å²) in [6.45, 7) is 1.84. The summed E-state index contributed by atoms with van der Waals surface area (Å²) in [6.07, 6.45) is 2.71. The predicted molar refractivity (Wildman–Crippen MR) is 113 cm³/mol. The van der Waals surface area contributed by atoms with Gasteiger partial charge < -0.3 is 14.8 Å². The molecule has 1 amide bonds. The minimum atomic E-state index is -0.231. The molecule has 2 aromatic rings. The third kappa shape index (κ3) is 5.19. The standard InChI is InChI=1S/C22H25Cl2NO3/c1-27-18-4-2-3-16(13-18)5-8-21(26)25-15-22(9-11-28-12-10-22)19-7-6-17(23)14-20(19)24/h2-4,6-7,13-14H,5,8-12,15H2,1H3,(H,25,26). The Bertz CT molecular complexity index is 819. The van der Waals surface area contributed by atoms with E-state index in [1.54, 1.807) is 13.2 Å². The zero-order valence-corrected chi connectivity index (χ0v) is 17.5. The molecule has 1 aliphatic rings. The SMILES string of the molecule is COc1cccc(CCC(=O)NCC2(c3ccc(Cl)cc3Cl)CCOCC2)c1. The first kappa shape index (κ1) is 21.0. The second kappa shape index (κ2) is 9.64.